The van der Waals surface area contributed by atoms with Crippen molar-refractivity contribution in [1.82, 2.24) is 15.3 Å². The van der Waals surface area contributed by atoms with Gasteiger partial charge in [-0.15, -0.1) is 11.3 Å². The van der Waals surface area contributed by atoms with Crippen molar-refractivity contribution >= 4 is 49.2 Å². The number of fused-ring (bicyclic) bond motifs is 2. The van der Waals surface area contributed by atoms with Crippen LogP contribution in [-0.2, 0) is 15.7 Å². The van der Waals surface area contributed by atoms with E-state index in [1.165, 1.54) is 32.9 Å². The second-order valence-electron chi connectivity index (χ2n) is 16.1. The molecular formula is C43H59F5N6O5S. The van der Waals surface area contributed by atoms with E-state index in [0.29, 0.717) is 24.2 Å². The summed E-state index contributed by atoms with van der Waals surface area (Å²) >= 11 is 0.597. The first-order valence-electron chi connectivity index (χ1n) is 20.1. The van der Waals surface area contributed by atoms with Crippen molar-refractivity contribution in [2.24, 2.45) is 0 Å². The molecule has 3 unspecified atom stereocenters. The number of nitrogens with zero attached hydrogens (tertiary/aromatic N) is 4. The average molecular weight is 867 g/mol. The number of nitrogens with one attached hydrogen (secondary N) is 2. The van der Waals surface area contributed by atoms with Gasteiger partial charge in [-0.2, -0.15) is 28.4 Å². The molecule has 0 aliphatic carbocycles. The summed E-state index contributed by atoms with van der Waals surface area (Å²) in [5.74, 6) is -2.39. The number of hydrogen-bond donors (Lipinski definition) is 3. The number of carbonyl (C=O) groups excluding carboxylic acids is 1. The number of thiophene rings is 1. The van der Waals surface area contributed by atoms with Gasteiger partial charge in [0.2, 0.25) is 0 Å². The van der Waals surface area contributed by atoms with E-state index in [2.05, 4.69) is 27.5 Å². The van der Waals surface area contributed by atoms with Crippen molar-refractivity contribution < 1.29 is 46.1 Å². The van der Waals surface area contributed by atoms with E-state index in [1.807, 2.05) is 40.7 Å². The smallest absolute Gasteiger partial charge is 0.417 e. The highest BCUT2D eigenvalue weighted by Gasteiger charge is 2.39. The van der Waals surface area contributed by atoms with Crippen LogP contribution >= 0.6 is 11.3 Å². The Balaban J connectivity index is 0.000000953. The molecule has 1 aliphatic rings. The molecule has 332 valence electrons. The number of aliphatic hydroxyl groups is 1. The van der Waals surface area contributed by atoms with Crippen LogP contribution in [0.15, 0.2) is 18.2 Å². The summed E-state index contributed by atoms with van der Waals surface area (Å²) in [5, 5.41) is 24.7. The molecule has 3 heterocycles. The van der Waals surface area contributed by atoms with Gasteiger partial charge in [0.25, 0.3) is 0 Å². The zero-order valence-electron chi connectivity index (χ0n) is 36.6. The number of amides is 1. The average Bonchev–Trinajstić information content (AvgIpc) is 3.82. The van der Waals surface area contributed by atoms with Gasteiger partial charge in [0.1, 0.15) is 33.8 Å². The maximum atomic E-state index is 16.9. The van der Waals surface area contributed by atoms with Gasteiger partial charge >= 0.3 is 18.3 Å². The molecular weight excluding hydrogens is 808 g/mol. The van der Waals surface area contributed by atoms with E-state index in [1.54, 1.807) is 39.6 Å². The number of alkyl halides is 3. The molecule has 1 fully saturated rings. The number of rotatable bonds is 11. The standard InChI is InChI=1S/C35H40F5N5O5S.C6H13N.C2H6/c1-17(14-18(12-13-46)49-33(2,3)4)45(8)29-20-15-22(35(38,39)40)25(26(37)27(20)42-31(43-29)48-9)19-10-11-23(36)28-24(19)21(16-41)30(51-28)44-32(47)50-34(5,6)7;1-2-6-4-3-5-7-6;1-2/h10-11,15,17-18,46H,12-14H2,1-9H3,(H,44,47);6-7H,2-5H2,1H3;1-2H3. The lowest BCUT2D eigenvalue weighted by Gasteiger charge is -2.33. The van der Waals surface area contributed by atoms with Gasteiger partial charge in [0, 0.05) is 42.1 Å². The fourth-order valence-electron chi connectivity index (χ4n) is 6.73. The van der Waals surface area contributed by atoms with E-state index < -0.39 is 69.5 Å². The lowest BCUT2D eigenvalue weighted by atomic mass is 9.92. The number of methoxy groups -OCH3 is 1. The number of ether oxygens (including phenoxy) is 3. The van der Waals surface area contributed by atoms with Crippen molar-refractivity contribution in [1.29, 1.82) is 5.26 Å². The minimum absolute atomic E-state index is 0.0693. The molecule has 1 saturated heterocycles. The molecule has 0 spiro atoms. The highest BCUT2D eigenvalue weighted by atomic mass is 32.1. The minimum atomic E-state index is -5.15. The highest BCUT2D eigenvalue weighted by molar-refractivity contribution is 7.23. The lowest BCUT2D eigenvalue weighted by Crippen LogP contribution is -2.37. The zero-order valence-corrected chi connectivity index (χ0v) is 37.4. The van der Waals surface area contributed by atoms with Crippen LogP contribution < -0.4 is 20.3 Å². The van der Waals surface area contributed by atoms with Gasteiger partial charge < -0.3 is 29.5 Å². The molecule has 60 heavy (non-hydrogen) atoms. The summed E-state index contributed by atoms with van der Waals surface area (Å²) in [4.78, 5) is 22.5. The van der Waals surface area contributed by atoms with E-state index in [9.17, 15) is 28.3 Å². The Hall–Kier alpha value is -4.37. The van der Waals surface area contributed by atoms with Crippen LogP contribution in [0.25, 0.3) is 32.1 Å². The molecule has 0 saturated carbocycles. The number of carbonyl (C=O) groups is 1. The Bertz CT molecular complexity index is 2120. The Kier molecular flexibility index (Phi) is 17.4. The molecule has 3 N–H and O–H groups in total. The summed E-state index contributed by atoms with van der Waals surface area (Å²) in [6.07, 6.45) is -1.84. The zero-order chi connectivity index (χ0) is 45.3. The number of aromatic nitrogens is 2. The summed E-state index contributed by atoms with van der Waals surface area (Å²) in [7, 11) is 2.80. The molecule has 5 rings (SSSR count). The number of halogens is 5. The van der Waals surface area contributed by atoms with Crippen LogP contribution in [0.1, 0.15) is 112 Å². The number of benzene rings is 2. The lowest BCUT2D eigenvalue weighted by molar-refractivity contribution is -0.137. The largest absolute Gasteiger partial charge is 0.467 e. The molecule has 2 aromatic carbocycles. The van der Waals surface area contributed by atoms with E-state index >= 15 is 8.78 Å². The molecule has 17 heteroatoms. The van der Waals surface area contributed by atoms with Gasteiger partial charge in [-0.25, -0.2) is 13.6 Å². The Morgan fingerprint density at radius 3 is 2.30 bits per heavy atom. The molecule has 1 amide bonds. The Morgan fingerprint density at radius 1 is 1.13 bits per heavy atom. The van der Waals surface area contributed by atoms with Crippen LogP contribution in [0.3, 0.4) is 0 Å². The fraction of sp³-hybridized carbons (Fsp3) is 0.581. The van der Waals surface area contributed by atoms with Gasteiger partial charge in [-0.1, -0.05) is 26.8 Å². The predicted molar refractivity (Wildman–Crippen MR) is 228 cm³/mol. The van der Waals surface area contributed by atoms with Crippen molar-refractivity contribution in [3.63, 3.8) is 0 Å². The Morgan fingerprint density at radius 2 is 1.80 bits per heavy atom. The molecule has 0 radical (unpaired) electrons. The van der Waals surface area contributed by atoms with Crippen LogP contribution in [-0.4, -0.2) is 77.9 Å². The second kappa shape index (κ2) is 20.9. The number of aliphatic hydroxyl groups excluding tert-OH is 1. The summed E-state index contributed by atoms with van der Waals surface area (Å²) in [5.41, 5.74) is -5.24. The minimum Gasteiger partial charge on any atom is -0.467 e. The van der Waals surface area contributed by atoms with Crippen molar-refractivity contribution in [2.75, 3.05) is 37.5 Å². The van der Waals surface area contributed by atoms with E-state index in [4.69, 9.17) is 14.2 Å². The molecule has 2 aromatic heterocycles. The van der Waals surface area contributed by atoms with Gasteiger partial charge in [0.15, 0.2) is 5.82 Å². The summed E-state index contributed by atoms with van der Waals surface area (Å²) in [6.45, 7) is 19.5. The van der Waals surface area contributed by atoms with E-state index in [-0.39, 0.29) is 44.5 Å². The number of hydrogen-bond acceptors (Lipinski definition) is 11. The van der Waals surface area contributed by atoms with Crippen LogP contribution in [0.4, 0.5) is 37.6 Å². The fourth-order valence-corrected chi connectivity index (χ4v) is 7.80. The molecule has 1 aliphatic heterocycles. The third kappa shape index (κ3) is 12.6. The third-order valence-electron chi connectivity index (χ3n) is 9.39. The van der Waals surface area contributed by atoms with E-state index in [0.717, 1.165) is 24.2 Å². The number of anilines is 2. The normalized spacial score (nSPS) is 15.3. The SMILES string of the molecule is CC.CCC1CCCN1.COc1nc(N(C)C(C)CC(CCO)OC(C)(C)C)c2cc(C(F)(F)F)c(-c3ccc(F)c4sc(NC(=O)OC(C)(C)C)c(C#N)c34)c(F)c2n1. The van der Waals surface area contributed by atoms with Crippen molar-refractivity contribution in [2.45, 2.75) is 137 Å². The summed E-state index contributed by atoms with van der Waals surface area (Å²) in [6, 6.07) is 4.42. The quantitative estimate of drug-likeness (QED) is 0.125. The second-order valence-corrected chi connectivity index (χ2v) is 17.2. The van der Waals surface area contributed by atoms with Crippen LogP contribution in [0.5, 0.6) is 6.01 Å². The van der Waals surface area contributed by atoms with Gasteiger partial charge in [-0.3, -0.25) is 5.32 Å². The molecule has 11 nitrogen and oxygen atoms in total. The third-order valence-corrected chi connectivity index (χ3v) is 10.5. The predicted octanol–water partition coefficient (Wildman–Crippen LogP) is 11.0. The molecule has 0 bridgehead atoms. The first-order chi connectivity index (χ1) is 28.0. The topological polar surface area (TPSA) is 142 Å². The maximum absolute atomic E-state index is 16.9. The molecule has 3 atom stereocenters. The Labute approximate surface area is 353 Å². The van der Waals surface area contributed by atoms with Gasteiger partial charge in [-0.05, 0) is 105 Å². The summed E-state index contributed by atoms with van der Waals surface area (Å²) < 4.78 is 93.4. The van der Waals surface area contributed by atoms with Crippen LogP contribution in [0.2, 0.25) is 0 Å². The molecule has 4 aromatic rings. The first kappa shape index (κ1) is 50.0. The van der Waals surface area contributed by atoms with Crippen molar-refractivity contribution in [3.8, 4) is 23.2 Å². The maximum Gasteiger partial charge on any atom is 0.417 e. The van der Waals surface area contributed by atoms with Crippen molar-refractivity contribution in [3.05, 3.63) is 41.0 Å². The van der Waals surface area contributed by atoms with Crippen LogP contribution in [0, 0.1) is 23.0 Å². The number of nitriles is 1. The van der Waals surface area contributed by atoms with Gasteiger partial charge in [0.05, 0.1) is 34.6 Å². The first-order valence-corrected chi connectivity index (χ1v) is 20.9. The highest BCUT2D eigenvalue weighted by Crippen LogP contribution is 2.48. The monoisotopic (exact) mass is 866 g/mol.